The van der Waals surface area contributed by atoms with Crippen molar-refractivity contribution < 1.29 is 8.42 Å². The molecule has 0 radical (unpaired) electrons. The van der Waals surface area contributed by atoms with Gasteiger partial charge < -0.3 is 10.6 Å². The Labute approximate surface area is 154 Å². The summed E-state index contributed by atoms with van der Waals surface area (Å²) in [6, 6.07) is 14.6. The predicted molar refractivity (Wildman–Crippen MR) is 103 cm³/mol. The Morgan fingerprint density at radius 2 is 1.76 bits per heavy atom. The van der Waals surface area contributed by atoms with E-state index in [1.165, 1.54) is 6.26 Å². The zero-order valence-electron chi connectivity index (χ0n) is 14.3. The highest BCUT2D eigenvalue weighted by Gasteiger charge is 2.06. The molecule has 0 aliphatic carbocycles. The number of nitrogens with one attached hydrogen (secondary N) is 2. The Morgan fingerprint density at radius 1 is 1.08 bits per heavy atom. The minimum atomic E-state index is -3.15. The van der Waals surface area contributed by atoms with Crippen molar-refractivity contribution in [1.82, 2.24) is 10.6 Å². The highest BCUT2D eigenvalue weighted by atomic mass is 35.5. The lowest BCUT2D eigenvalue weighted by Gasteiger charge is -2.12. The fourth-order valence-electron chi connectivity index (χ4n) is 2.27. The highest BCUT2D eigenvalue weighted by Crippen LogP contribution is 2.14. The van der Waals surface area contributed by atoms with Crippen LogP contribution in [0.4, 0.5) is 0 Å². The summed E-state index contributed by atoms with van der Waals surface area (Å²) >= 11 is 6.14. The molecule has 5 nitrogen and oxygen atoms in total. The van der Waals surface area contributed by atoms with Crippen molar-refractivity contribution in [3.63, 3.8) is 0 Å². The molecule has 2 N–H and O–H groups in total. The Balaban J connectivity index is 1.82. The summed E-state index contributed by atoms with van der Waals surface area (Å²) in [6.45, 7) is 1.27. The first-order valence-corrected chi connectivity index (χ1v) is 10.1. The van der Waals surface area contributed by atoms with Crippen LogP contribution >= 0.6 is 11.6 Å². The van der Waals surface area contributed by atoms with Crippen LogP contribution < -0.4 is 10.6 Å². The Bertz CT molecular complexity index is 834. The largest absolute Gasteiger partial charge is 0.356 e. The third kappa shape index (κ3) is 6.07. The molecule has 0 aliphatic rings. The van der Waals surface area contributed by atoms with Crippen molar-refractivity contribution >= 4 is 27.4 Å². The molecule has 0 bridgehead atoms. The summed E-state index contributed by atoms with van der Waals surface area (Å²) < 4.78 is 22.9. The molecule has 0 saturated heterocycles. The highest BCUT2D eigenvalue weighted by molar-refractivity contribution is 7.90. The lowest BCUT2D eigenvalue weighted by molar-refractivity contribution is 0.602. The van der Waals surface area contributed by atoms with Crippen molar-refractivity contribution in [2.24, 2.45) is 4.99 Å². The smallest absolute Gasteiger partial charge is 0.191 e. The van der Waals surface area contributed by atoms with Gasteiger partial charge in [0.2, 0.25) is 0 Å². The van der Waals surface area contributed by atoms with Gasteiger partial charge in [0.25, 0.3) is 0 Å². The summed E-state index contributed by atoms with van der Waals surface area (Å²) in [5.74, 6) is 0.688. The van der Waals surface area contributed by atoms with Crippen LogP contribution in [0.2, 0.25) is 5.02 Å². The maximum absolute atomic E-state index is 11.5. The zero-order valence-corrected chi connectivity index (χ0v) is 15.9. The normalized spacial score (nSPS) is 12.0. The van der Waals surface area contributed by atoms with Gasteiger partial charge in [-0.25, -0.2) is 8.42 Å². The molecule has 25 heavy (non-hydrogen) atoms. The van der Waals surface area contributed by atoms with Gasteiger partial charge in [-0.3, -0.25) is 4.99 Å². The van der Waals surface area contributed by atoms with E-state index >= 15 is 0 Å². The van der Waals surface area contributed by atoms with Crippen molar-refractivity contribution in [2.45, 2.75) is 17.9 Å². The molecular formula is C18H22ClN3O2S. The minimum Gasteiger partial charge on any atom is -0.356 e. The van der Waals surface area contributed by atoms with Gasteiger partial charge in [0.15, 0.2) is 15.8 Å². The predicted octanol–water partition coefficient (Wildman–Crippen LogP) is 2.65. The Hall–Kier alpha value is -2.05. The van der Waals surface area contributed by atoms with Crippen molar-refractivity contribution in [2.75, 3.05) is 19.8 Å². The monoisotopic (exact) mass is 379 g/mol. The molecule has 0 fully saturated rings. The summed E-state index contributed by atoms with van der Waals surface area (Å²) in [7, 11) is -1.44. The van der Waals surface area contributed by atoms with Crippen LogP contribution in [-0.2, 0) is 22.8 Å². The van der Waals surface area contributed by atoms with Crippen LogP contribution in [0, 0.1) is 0 Å². The quantitative estimate of drug-likeness (QED) is 0.598. The minimum absolute atomic E-state index is 0.335. The molecule has 0 aliphatic heterocycles. The second-order valence-corrected chi connectivity index (χ2v) is 8.03. The molecule has 2 aromatic carbocycles. The summed E-state index contributed by atoms with van der Waals surface area (Å²) in [6.07, 6.45) is 1.97. The number of benzene rings is 2. The van der Waals surface area contributed by atoms with E-state index < -0.39 is 9.84 Å². The van der Waals surface area contributed by atoms with Gasteiger partial charge in [-0.05, 0) is 35.7 Å². The topological polar surface area (TPSA) is 70.6 Å². The lowest BCUT2D eigenvalue weighted by Crippen LogP contribution is -2.37. The maximum Gasteiger partial charge on any atom is 0.191 e. The third-order valence-electron chi connectivity index (χ3n) is 3.69. The molecule has 0 aromatic heterocycles. The summed E-state index contributed by atoms with van der Waals surface area (Å²) in [5, 5.41) is 7.17. The van der Waals surface area contributed by atoms with E-state index in [1.807, 2.05) is 36.4 Å². The second kappa shape index (κ2) is 8.87. The number of hydrogen-bond acceptors (Lipinski definition) is 3. The van der Waals surface area contributed by atoms with Gasteiger partial charge in [0.05, 0.1) is 4.90 Å². The first kappa shape index (κ1) is 19.3. The van der Waals surface area contributed by atoms with Crippen LogP contribution in [0.1, 0.15) is 11.1 Å². The van der Waals surface area contributed by atoms with Gasteiger partial charge in [-0.1, -0.05) is 41.9 Å². The van der Waals surface area contributed by atoms with Crippen LogP contribution in [0.5, 0.6) is 0 Å². The first-order chi connectivity index (χ1) is 11.9. The van der Waals surface area contributed by atoms with E-state index in [0.29, 0.717) is 23.9 Å². The Morgan fingerprint density at radius 3 is 2.36 bits per heavy atom. The molecule has 0 amide bonds. The lowest BCUT2D eigenvalue weighted by atomic mass is 10.1. The molecule has 2 rings (SSSR count). The van der Waals surface area contributed by atoms with Crippen LogP contribution in [0.15, 0.2) is 58.4 Å². The molecule has 0 saturated carbocycles. The fraction of sp³-hybridized carbons (Fsp3) is 0.278. The Kier molecular flexibility index (Phi) is 6.84. The maximum atomic E-state index is 11.5. The number of rotatable bonds is 6. The van der Waals surface area contributed by atoms with Crippen molar-refractivity contribution in [1.29, 1.82) is 0 Å². The molecular weight excluding hydrogens is 358 g/mol. The molecule has 0 unspecified atom stereocenters. The van der Waals surface area contributed by atoms with Crippen LogP contribution in [-0.4, -0.2) is 34.2 Å². The first-order valence-electron chi connectivity index (χ1n) is 7.87. The molecule has 7 heteroatoms. The number of guanidine groups is 1. The third-order valence-corrected chi connectivity index (χ3v) is 5.18. The summed E-state index contributed by atoms with van der Waals surface area (Å²) in [5.41, 5.74) is 2.06. The number of aliphatic imine (C=N–C) groups is 1. The average Bonchev–Trinajstić information content (AvgIpc) is 2.59. The van der Waals surface area contributed by atoms with Gasteiger partial charge >= 0.3 is 0 Å². The van der Waals surface area contributed by atoms with E-state index in [4.69, 9.17) is 11.6 Å². The molecule has 0 heterocycles. The van der Waals surface area contributed by atoms with Gasteiger partial charge in [-0.2, -0.15) is 0 Å². The van der Waals surface area contributed by atoms with Crippen molar-refractivity contribution in [3.8, 4) is 0 Å². The number of halogens is 1. The van der Waals surface area contributed by atoms with Gasteiger partial charge in [0, 0.05) is 31.4 Å². The van der Waals surface area contributed by atoms with E-state index in [2.05, 4.69) is 15.6 Å². The van der Waals surface area contributed by atoms with E-state index in [0.717, 1.165) is 22.6 Å². The van der Waals surface area contributed by atoms with E-state index in [1.54, 1.807) is 19.2 Å². The second-order valence-electron chi connectivity index (χ2n) is 5.61. The standard InChI is InChI=1S/C18H22ClN3O2S/c1-20-18(22-13-15-5-3-4-6-17(15)19)21-12-11-14-7-9-16(10-8-14)25(2,23)24/h3-10H,11-13H2,1-2H3,(H2,20,21,22). The molecule has 0 spiro atoms. The van der Waals surface area contributed by atoms with Gasteiger partial charge in [0.1, 0.15) is 0 Å². The summed E-state index contributed by atoms with van der Waals surface area (Å²) in [4.78, 5) is 4.52. The zero-order chi connectivity index (χ0) is 18.3. The number of hydrogen-bond donors (Lipinski definition) is 2. The van der Waals surface area contributed by atoms with Crippen LogP contribution in [0.3, 0.4) is 0 Å². The SMILES string of the molecule is CN=C(NCCc1ccc(S(C)(=O)=O)cc1)NCc1ccccc1Cl. The number of nitrogens with zero attached hydrogens (tertiary/aromatic N) is 1. The van der Waals surface area contributed by atoms with E-state index in [-0.39, 0.29) is 0 Å². The number of sulfone groups is 1. The molecule has 0 atom stereocenters. The average molecular weight is 380 g/mol. The van der Waals surface area contributed by atoms with Crippen molar-refractivity contribution in [3.05, 3.63) is 64.7 Å². The molecule has 2 aromatic rings. The molecule has 134 valence electrons. The fourth-order valence-corrected chi connectivity index (χ4v) is 3.10. The van der Waals surface area contributed by atoms with Gasteiger partial charge in [-0.15, -0.1) is 0 Å². The van der Waals surface area contributed by atoms with E-state index in [9.17, 15) is 8.42 Å². The van der Waals surface area contributed by atoms with Crippen LogP contribution in [0.25, 0.3) is 0 Å².